The van der Waals surface area contributed by atoms with Gasteiger partial charge in [-0.15, -0.1) is 0 Å². The summed E-state index contributed by atoms with van der Waals surface area (Å²) in [5.41, 5.74) is 8.34. The molecule has 2 rings (SSSR count). The fraction of sp³-hybridized carbons (Fsp3) is 0.200. The Morgan fingerprint density at radius 3 is 2.39 bits per heavy atom. The van der Waals surface area contributed by atoms with Gasteiger partial charge < -0.3 is 10.5 Å². The van der Waals surface area contributed by atoms with Gasteiger partial charge in [0.05, 0.1) is 0 Å². The normalized spacial score (nSPS) is 10.4. The van der Waals surface area contributed by atoms with E-state index in [-0.39, 0.29) is 5.75 Å². The lowest BCUT2D eigenvalue weighted by molar-refractivity contribution is 0.439. The van der Waals surface area contributed by atoms with E-state index in [4.69, 9.17) is 10.5 Å². The van der Waals surface area contributed by atoms with Crippen LogP contribution in [0.3, 0.4) is 0 Å². The minimum Gasteiger partial charge on any atom is -0.454 e. The molecule has 0 aromatic heterocycles. The highest BCUT2D eigenvalue weighted by Gasteiger charge is 2.07. The predicted molar refractivity (Wildman–Crippen MR) is 70.3 cm³/mol. The highest BCUT2D eigenvalue weighted by Crippen LogP contribution is 2.28. The van der Waals surface area contributed by atoms with Crippen LogP contribution in [0.15, 0.2) is 36.4 Å². The van der Waals surface area contributed by atoms with Gasteiger partial charge in [-0.1, -0.05) is 23.8 Å². The van der Waals surface area contributed by atoms with Crippen LogP contribution in [-0.2, 0) is 6.54 Å². The van der Waals surface area contributed by atoms with Crippen LogP contribution in [-0.4, -0.2) is 0 Å². The maximum atomic E-state index is 13.8. The lowest BCUT2D eigenvalue weighted by Gasteiger charge is -2.10. The van der Waals surface area contributed by atoms with Gasteiger partial charge in [-0.25, -0.2) is 4.39 Å². The van der Waals surface area contributed by atoms with Crippen molar-refractivity contribution in [1.82, 2.24) is 0 Å². The Labute approximate surface area is 106 Å². The van der Waals surface area contributed by atoms with Crippen molar-refractivity contribution in [2.45, 2.75) is 20.4 Å². The number of aryl methyl sites for hydroxylation is 2. The molecule has 3 heteroatoms. The monoisotopic (exact) mass is 245 g/mol. The second-order valence-corrected chi connectivity index (χ2v) is 4.34. The number of hydrogen-bond donors (Lipinski definition) is 1. The molecular weight excluding hydrogens is 229 g/mol. The third-order valence-corrected chi connectivity index (χ3v) is 2.78. The molecule has 0 saturated heterocycles. The summed E-state index contributed by atoms with van der Waals surface area (Å²) < 4.78 is 19.3. The Hall–Kier alpha value is -1.87. The van der Waals surface area contributed by atoms with Gasteiger partial charge in [0.2, 0.25) is 0 Å². The SMILES string of the molecule is Cc1ccc(Oc2ccc(CN)cc2F)c(C)c1. The van der Waals surface area contributed by atoms with E-state index >= 15 is 0 Å². The van der Waals surface area contributed by atoms with Crippen molar-refractivity contribution in [1.29, 1.82) is 0 Å². The van der Waals surface area contributed by atoms with Crippen LogP contribution in [0, 0.1) is 19.7 Å². The van der Waals surface area contributed by atoms with Crippen LogP contribution < -0.4 is 10.5 Å². The summed E-state index contributed by atoms with van der Waals surface area (Å²) in [4.78, 5) is 0. The molecule has 0 aliphatic rings. The average molecular weight is 245 g/mol. The Balaban J connectivity index is 2.28. The average Bonchev–Trinajstić information content (AvgIpc) is 2.34. The largest absolute Gasteiger partial charge is 0.454 e. The predicted octanol–water partition coefficient (Wildman–Crippen LogP) is 3.69. The lowest BCUT2D eigenvalue weighted by atomic mass is 10.1. The van der Waals surface area contributed by atoms with Gasteiger partial charge in [0, 0.05) is 6.54 Å². The van der Waals surface area contributed by atoms with Crippen LogP contribution in [0.5, 0.6) is 11.5 Å². The highest BCUT2D eigenvalue weighted by atomic mass is 19.1. The molecule has 0 atom stereocenters. The molecule has 0 aliphatic heterocycles. The standard InChI is InChI=1S/C15H16FNO/c1-10-3-5-14(11(2)7-10)18-15-6-4-12(9-17)8-13(15)16/h3-8H,9,17H2,1-2H3. The molecule has 0 amide bonds. The zero-order chi connectivity index (χ0) is 13.1. The molecule has 94 valence electrons. The second-order valence-electron chi connectivity index (χ2n) is 4.34. The van der Waals surface area contributed by atoms with Crippen molar-refractivity contribution in [2.75, 3.05) is 0 Å². The maximum absolute atomic E-state index is 13.8. The molecule has 2 aromatic carbocycles. The van der Waals surface area contributed by atoms with Crippen LogP contribution in [0.25, 0.3) is 0 Å². The molecule has 18 heavy (non-hydrogen) atoms. The molecule has 2 N–H and O–H groups in total. The van der Waals surface area contributed by atoms with Crippen LogP contribution in [0.1, 0.15) is 16.7 Å². The van der Waals surface area contributed by atoms with E-state index in [1.165, 1.54) is 6.07 Å². The fourth-order valence-corrected chi connectivity index (χ4v) is 1.79. The topological polar surface area (TPSA) is 35.2 Å². The number of rotatable bonds is 3. The number of hydrogen-bond acceptors (Lipinski definition) is 2. The smallest absolute Gasteiger partial charge is 0.166 e. The molecule has 0 aliphatic carbocycles. The Morgan fingerprint density at radius 2 is 1.78 bits per heavy atom. The Morgan fingerprint density at radius 1 is 1.06 bits per heavy atom. The third-order valence-electron chi connectivity index (χ3n) is 2.78. The molecule has 2 aromatic rings. The zero-order valence-corrected chi connectivity index (χ0v) is 10.5. The van der Waals surface area contributed by atoms with Crippen molar-refractivity contribution in [3.05, 3.63) is 58.9 Å². The van der Waals surface area contributed by atoms with Gasteiger partial charge in [-0.3, -0.25) is 0 Å². The van der Waals surface area contributed by atoms with Crippen LogP contribution in [0.2, 0.25) is 0 Å². The van der Waals surface area contributed by atoms with E-state index in [0.29, 0.717) is 12.3 Å². The first-order valence-corrected chi connectivity index (χ1v) is 5.84. The second kappa shape index (κ2) is 5.19. The number of ether oxygens (including phenoxy) is 1. The summed E-state index contributed by atoms with van der Waals surface area (Å²) in [6, 6.07) is 10.6. The number of benzene rings is 2. The molecular formula is C15H16FNO. The molecule has 0 saturated carbocycles. The summed E-state index contributed by atoms with van der Waals surface area (Å²) >= 11 is 0. The quantitative estimate of drug-likeness (QED) is 0.895. The minimum atomic E-state index is -0.391. The number of halogens is 1. The molecule has 0 radical (unpaired) electrons. The van der Waals surface area contributed by atoms with Gasteiger partial charge in [0.25, 0.3) is 0 Å². The van der Waals surface area contributed by atoms with Gasteiger partial charge in [0.15, 0.2) is 11.6 Å². The van der Waals surface area contributed by atoms with E-state index in [0.717, 1.165) is 16.7 Å². The van der Waals surface area contributed by atoms with Crippen molar-refractivity contribution in [3.8, 4) is 11.5 Å². The van der Waals surface area contributed by atoms with Gasteiger partial charge in [-0.05, 0) is 43.2 Å². The van der Waals surface area contributed by atoms with Gasteiger partial charge in [0.1, 0.15) is 5.75 Å². The minimum absolute atomic E-state index is 0.221. The summed E-state index contributed by atoms with van der Waals surface area (Å²) in [5, 5.41) is 0. The first-order valence-electron chi connectivity index (χ1n) is 5.84. The van der Waals surface area contributed by atoms with Crippen LogP contribution in [0.4, 0.5) is 4.39 Å². The summed E-state index contributed by atoms with van der Waals surface area (Å²) in [6.07, 6.45) is 0. The maximum Gasteiger partial charge on any atom is 0.166 e. The Bertz CT molecular complexity index is 566. The van der Waals surface area contributed by atoms with E-state index in [1.54, 1.807) is 12.1 Å². The first-order chi connectivity index (χ1) is 8.60. The fourth-order valence-electron chi connectivity index (χ4n) is 1.79. The molecule has 0 unspecified atom stereocenters. The van der Waals surface area contributed by atoms with Crippen molar-refractivity contribution in [3.63, 3.8) is 0 Å². The highest BCUT2D eigenvalue weighted by molar-refractivity contribution is 5.40. The summed E-state index contributed by atoms with van der Waals surface area (Å²) in [5.74, 6) is 0.497. The van der Waals surface area contributed by atoms with Crippen LogP contribution >= 0.6 is 0 Å². The van der Waals surface area contributed by atoms with Crippen molar-refractivity contribution in [2.24, 2.45) is 5.73 Å². The van der Waals surface area contributed by atoms with Crippen molar-refractivity contribution >= 4 is 0 Å². The van der Waals surface area contributed by atoms with E-state index in [2.05, 4.69) is 0 Å². The third kappa shape index (κ3) is 2.68. The molecule has 0 spiro atoms. The van der Waals surface area contributed by atoms with Gasteiger partial charge in [-0.2, -0.15) is 0 Å². The summed E-state index contributed by atoms with van der Waals surface area (Å²) in [6.45, 7) is 4.27. The molecule has 2 nitrogen and oxygen atoms in total. The Kier molecular flexibility index (Phi) is 3.63. The van der Waals surface area contributed by atoms with Crippen molar-refractivity contribution < 1.29 is 9.13 Å². The summed E-state index contributed by atoms with van der Waals surface area (Å²) in [7, 11) is 0. The first kappa shape index (κ1) is 12.6. The molecule has 0 bridgehead atoms. The number of nitrogens with two attached hydrogens (primary N) is 1. The zero-order valence-electron chi connectivity index (χ0n) is 10.5. The van der Waals surface area contributed by atoms with Gasteiger partial charge >= 0.3 is 0 Å². The molecule has 0 heterocycles. The van der Waals surface area contributed by atoms with E-state index < -0.39 is 5.82 Å². The lowest BCUT2D eigenvalue weighted by Crippen LogP contribution is -1.98. The van der Waals surface area contributed by atoms with E-state index in [1.807, 2.05) is 32.0 Å². The van der Waals surface area contributed by atoms with E-state index in [9.17, 15) is 4.39 Å². The molecule has 0 fully saturated rings.